The summed E-state index contributed by atoms with van der Waals surface area (Å²) >= 11 is 0. The van der Waals surface area contributed by atoms with Crippen LogP contribution in [0.25, 0.3) is 0 Å². The third-order valence-corrected chi connectivity index (χ3v) is 5.63. The van der Waals surface area contributed by atoms with Gasteiger partial charge in [-0.05, 0) is 37.1 Å². The van der Waals surface area contributed by atoms with Gasteiger partial charge < -0.3 is 9.84 Å². The van der Waals surface area contributed by atoms with Crippen LogP contribution in [-0.4, -0.2) is 50.5 Å². The summed E-state index contributed by atoms with van der Waals surface area (Å²) in [5.41, 5.74) is 1.27. The standard InChI is InChI=1S/C15H21NO6S/c1-9-6-12(15(19)22-5)7-13(11(9)3)23(20,21)16(4)8-10(2)14(17)18/h6-7,10H,8H2,1-5H3,(H,17,18). The number of ether oxygens (including phenoxy) is 1. The summed E-state index contributed by atoms with van der Waals surface area (Å²) in [6.07, 6.45) is 0. The van der Waals surface area contributed by atoms with Crippen LogP contribution in [0.2, 0.25) is 0 Å². The van der Waals surface area contributed by atoms with E-state index in [1.165, 1.54) is 27.1 Å². The van der Waals surface area contributed by atoms with Gasteiger partial charge in [0.15, 0.2) is 0 Å². The maximum absolute atomic E-state index is 12.7. The molecule has 1 N–H and O–H groups in total. The smallest absolute Gasteiger partial charge is 0.337 e. The average Bonchev–Trinajstić information content (AvgIpc) is 2.48. The van der Waals surface area contributed by atoms with E-state index in [4.69, 9.17) is 5.11 Å². The van der Waals surface area contributed by atoms with E-state index in [0.717, 1.165) is 4.31 Å². The number of aliphatic carboxylic acids is 1. The molecule has 0 saturated heterocycles. The lowest BCUT2D eigenvalue weighted by Gasteiger charge is -2.21. The van der Waals surface area contributed by atoms with Gasteiger partial charge in [-0.25, -0.2) is 17.5 Å². The van der Waals surface area contributed by atoms with Gasteiger partial charge in [0.25, 0.3) is 0 Å². The third kappa shape index (κ3) is 4.08. The molecule has 7 nitrogen and oxygen atoms in total. The number of carbonyl (C=O) groups is 2. The number of hydrogen-bond acceptors (Lipinski definition) is 5. The summed E-state index contributed by atoms with van der Waals surface area (Å²) in [7, 11) is -1.39. The van der Waals surface area contributed by atoms with Crippen molar-refractivity contribution in [2.24, 2.45) is 5.92 Å². The van der Waals surface area contributed by atoms with E-state index in [1.54, 1.807) is 19.9 Å². The first kappa shape index (κ1) is 19.1. The van der Waals surface area contributed by atoms with Crippen LogP contribution < -0.4 is 0 Å². The van der Waals surface area contributed by atoms with Crippen molar-refractivity contribution in [1.29, 1.82) is 0 Å². The van der Waals surface area contributed by atoms with Crippen LogP contribution in [0.4, 0.5) is 0 Å². The summed E-state index contributed by atoms with van der Waals surface area (Å²) in [6, 6.07) is 2.81. The molecule has 8 heteroatoms. The molecule has 0 aromatic heterocycles. The lowest BCUT2D eigenvalue weighted by molar-refractivity contribution is -0.141. The van der Waals surface area contributed by atoms with E-state index < -0.39 is 27.9 Å². The maximum atomic E-state index is 12.7. The summed E-state index contributed by atoms with van der Waals surface area (Å²) in [5, 5.41) is 8.93. The second-order valence-electron chi connectivity index (χ2n) is 5.43. The molecule has 1 rings (SSSR count). The highest BCUT2D eigenvalue weighted by molar-refractivity contribution is 7.89. The fourth-order valence-electron chi connectivity index (χ4n) is 2.06. The zero-order valence-corrected chi connectivity index (χ0v) is 14.6. The van der Waals surface area contributed by atoms with Crippen LogP contribution in [0, 0.1) is 19.8 Å². The quantitative estimate of drug-likeness (QED) is 0.784. The number of rotatable bonds is 6. The molecule has 1 atom stereocenters. The summed E-state index contributed by atoms with van der Waals surface area (Å²) in [6.45, 7) is 4.59. The first-order valence-corrected chi connectivity index (χ1v) is 8.35. The molecular weight excluding hydrogens is 322 g/mol. The lowest BCUT2D eigenvalue weighted by atomic mass is 10.1. The minimum absolute atomic E-state index is 0.0296. The molecule has 0 spiro atoms. The van der Waals surface area contributed by atoms with E-state index in [1.807, 2.05) is 0 Å². The molecule has 0 bridgehead atoms. The van der Waals surface area contributed by atoms with Gasteiger partial charge in [0.1, 0.15) is 0 Å². The van der Waals surface area contributed by atoms with Crippen molar-refractivity contribution in [2.75, 3.05) is 20.7 Å². The Balaban J connectivity index is 3.34. The van der Waals surface area contributed by atoms with Crippen LogP contribution in [-0.2, 0) is 19.6 Å². The molecule has 128 valence electrons. The second-order valence-corrected chi connectivity index (χ2v) is 7.45. The van der Waals surface area contributed by atoms with E-state index in [2.05, 4.69) is 4.74 Å². The lowest BCUT2D eigenvalue weighted by Crippen LogP contribution is -2.34. The number of carbonyl (C=O) groups excluding carboxylic acids is 1. The molecular formula is C15H21NO6S. The van der Waals surface area contributed by atoms with Crippen molar-refractivity contribution in [3.8, 4) is 0 Å². The summed E-state index contributed by atoms with van der Waals surface area (Å²) in [5.74, 6) is -2.56. The molecule has 23 heavy (non-hydrogen) atoms. The van der Waals surface area contributed by atoms with Gasteiger partial charge in [-0.3, -0.25) is 4.79 Å². The van der Waals surface area contributed by atoms with Crippen molar-refractivity contribution in [1.82, 2.24) is 4.31 Å². The molecule has 0 heterocycles. The van der Waals surface area contributed by atoms with E-state index in [9.17, 15) is 18.0 Å². The Morgan fingerprint density at radius 2 is 1.87 bits per heavy atom. The first-order valence-electron chi connectivity index (χ1n) is 6.91. The Bertz CT molecular complexity index is 726. The Labute approximate surface area is 135 Å². The van der Waals surface area contributed by atoms with Crippen molar-refractivity contribution in [3.63, 3.8) is 0 Å². The van der Waals surface area contributed by atoms with Gasteiger partial charge in [-0.2, -0.15) is 0 Å². The monoisotopic (exact) mass is 343 g/mol. The molecule has 0 amide bonds. The number of carboxylic acid groups (broad SMARTS) is 1. The number of carboxylic acids is 1. The molecule has 0 aliphatic carbocycles. The highest BCUT2D eigenvalue weighted by Crippen LogP contribution is 2.24. The molecule has 0 saturated carbocycles. The van der Waals surface area contributed by atoms with Gasteiger partial charge in [-0.1, -0.05) is 6.92 Å². The molecule has 0 aliphatic rings. The number of sulfonamides is 1. The highest BCUT2D eigenvalue weighted by Gasteiger charge is 2.28. The number of benzene rings is 1. The zero-order chi connectivity index (χ0) is 17.9. The Hall–Kier alpha value is -1.93. The van der Waals surface area contributed by atoms with Crippen LogP contribution in [0.15, 0.2) is 17.0 Å². The van der Waals surface area contributed by atoms with E-state index in [-0.39, 0.29) is 17.0 Å². The largest absolute Gasteiger partial charge is 0.481 e. The minimum Gasteiger partial charge on any atom is -0.481 e. The Morgan fingerprint density at radius 3 is 2.35 bits per heavy atom. The molecule has 1 aromatic carbocycles. The SMILES string of the molecule is COC(=O)c1cc(C)c(C)c(S(=O)(=O)N(C)CC(C)C(=O)O)c1. The zero-order valence-electron chi connectivity index (χ0n) is 13.8. The Kier molecular flexibility index (Phi) is 5.90. The number of nitrogens with zero attached hydrogens (tertiary/aromatic N) is 1. The van der Waals surface area contributed by atoms with Crippen LogP contribution >= 0.6 is 0 Å². The molecule has 0 aliphatic heterocycles. The van der Waals surface area contributed by atoms with Gasteiger partial charge >= 0.3 is 11.9 Å². The summed E-state index contributed by atoms with van der Waals surface area (Å²) < 4.78 is 31.0. The highest BCUT2D eigenvalue weighted by atomic mass is 32.2. The molecule has 0 fully saturated rings. The van der Waals surface area contributed by atoms with Gasteiger partial charge in [0.05, 0.1) is 23.5 Å². The number of aryl methyl sites for hydroxylation is 1. The first-order chi connectivity index (χ1) is 10.5. The van der Waals surface area contributed by atoms with E-state index in [0.29, 0.717) is 11.1 Å². The molecule has 1 unspecified atom stereocenters. The van der Waals surface area contributed by atoms with Gasteiger partial charge in [-0.15, -0.1) is 0 Å². The van der Waals surface area contributed by atoms with Crippen molar-refractivity contribution in [3.05, 3.63) is 28.8 Å². The third-order valence-electron chi connectivity index (χ3n) is 3.68. The van der Waals surface area contributed by atoms with Crippen LogP contribution in [0.3, 0.4) is 0 Å². The normalized spacial score (nSPS) is 13.0. The van der Waals surface area contributed by atoms with Gasteiger partial charge in [0.2, 0.25) is 10.0 Å². The molecule has 1 aromatic rings. The summed E-state index contributed by atoms with van der Waals surface area (Å²) in [4.78, 5) is 22.6. The van der Waals surface area contributed by atoms with E-state index >= 15 is 0 Å². The fraction of sp³-hybridized carbons (Fsp3) is 0.467. The number of methoxy groups -OCH3 is 1. The maximum Gasteiger partial charge on any atom is 0.337 e. The predicted molar refractivity (Wildman–Crippen MR) is 83.9 cm³/mol. The predicted octanol–water partition coefficient (Wildman–Crippen LogP) is 1.43. The molecule has 0 radical (unpaired) electrons. The topological polar surface area (TPSA) is 101 Å². The minimum atomic E-state index is -3.92. The van der Waals surface area contributed by atoms with Gasteiger partial charge in [0, 0.05) is 13.6 Å². The number of esters is 1. The van der Waals surface area contributed by atoms with Crippen LogP contribution in [0.5, 0.6) is 0 Å². The fourth-order valence-corrected chi connectivity index (χ4v) is 3.64. The number of hydrogen-bond donors (Lipinski definition) is 1. The van der Waals surface area contributed by atoms with Crippen LogP contribution in [0.1, 0.15) is 28.4 Å². The van der Waals surface area contributed by atoms with Crippen molar-refractivity contribution in [2.45, 2.75) is 25.7 Å². The average molecular weight is 343 g/mol. The second kappa shape index (κ2) is 7.10. The Morgan fingerprint density at radius 1 is 1.30 bits per heavy atom. The van der Waals surface area contributed by atoms with Crippen molar-refractivity contribution < 1.29 is 27.9 Å². The van der Waals surface area contributed by atoms with Crippen molar-refractivity contribution >= 4 is 22.0 Å².